The summed E-state index contributed by atoms with van der Waals surface area (Å²) in [6, 6.07) is 26.3. The summed E-state index contributed by atoms with van der Waals surface area (Å²) in [7, 11) is 0. The molecule has 0 aromatic heterocycles. The molecule has 1 heterocycles. The van der Waals surface area contributed by atoms with Crippen molar-refractivity contribution in [2.75, 3.05) is 18.1 Å². The number of carbonyl (C=O) groups excluding carboxylic acids is 2. The molecule has 0 spiro atoms. The second-order valence-corrected chi connectivity index (χ2v) is 8.13. The lowest BCUT2D eigenvalue weighted by atomic mass is 10.0. The topological polar surface area (TPSA) is 59.1 Å². The molecule has 36 heavy (non-hydrogen) atoms. The quantitative estimate of drug-likeness (QED) is 0.413. The summed E-state index contributed by atoms with van der Waals surface area (Å²) in [5.41, 5.74) is 3.53. The van der Waals surface area contributed by atoms with Crippen LogP contribution in [0.25, 0.3) is 6.08 Å². The zero-order valence-electron chi connectivity index (χ0n) is 20.2. The molecule has 4 rings (SSSR count). The van der Waals surface area contributed by atoms with E-state index in [0.29, 0.717) is 6.54 Å². The SMILES string of the molecule is CCOC(=O)N1c2ccccc2C=C[C@H]1C#CCN(Cc1ccccc1)C(=O)OCc1ccccc1. The largest absolute Gasteiger partial charge is 0.449 e. The number of benzene rings is 3. The van der Waals surface area contributed by atoms with Crippen molar-refractivity contribution in [1.82, 2.24) is 4.90 Å². The van der Waals surface area contributed by atoms with E-state index in [4.69, 9.17) is 9.47 Å². The van der Waals surface area contributed by atoms with Crippen molar-refractivity contribution in [3.8, 4) is 11.8 Å². The second kappa shape index (κ2) is 12.3. The third-order valence-corrected chi connectivity index (χ3v) is 5.60. The fourth-order valence-electron chi connectivity index (χ4n) is 3.84. The van der Waals surface area contributed by atoms with E-state index >= 15 is 0 Å². The predicted octanol–water partition coefficient (Wildman–Crippen LogP) is 5.89. The van der Waals surface area contributed by atoms with E-state index in [1.807, 2.05) is 97.1 Å². The summed E-state index contributed by atoms with van der Waals surface area (Å²) in [5, 5.41) is 0. The lowest BCUT2D eigenvalue weighted by molar-refractivity contribution is 0.0984. The summed E-state index contributed by atoms with van der Waals surface area (Å²) >= 11 is 0. The molecule has 0 saturated carbocycles. The summed E-state index contributed by atoms with van der Waals surface area (Å²) in [5.74, 6) is 6.22. The Kier molecular flexibility index (Phi) is 8.39. The number of nitrogens with zero attached hydrogens (tertiary/aromatic N) is 2. The highest BCUT2D eigenvalue weighted by Crippen LogP contribution is 2.29. The van der Waals surface area contributed by atoms with Crippen LogP contribution in [0.15, 0.2) is 91.0 Å². The number of fused-ring (bicyclic) bond motifs is 1. The Morgan fingerprint density at radius 3 is 2.28 bits per heavy atom. The zero-order valence-corrected chi connectivity index (χ0v) is 20.2. The van der Waals surface area contributed by atoms with Crippen molar-refractivity contribution in [3.63, 3.8) is 0 Å². The van der Waals surface area contributed by atoms with E-state index in [0.717, 1.165) is 22.4 Å². The van der Waals surface area contributed by atoms with Crippen LogP contribution in [0.4, 0.5) is 15.3 Å². The van der Waals surface area contributed by atoms with Crippen molar-refractivity contribution >= 4 is 23.9 Å². The van der Waals surface area contributed by atoms with Gasteiger partial charge in [0.25, 0.3) is 0 Å². The minimum absolute atomic E-state index is 0.144. The van der Waals surface area contributed by atoms with Gasteiger partial charge in [-0.15, -0.1) is 0 Å². The zero-order chi connectivity index (χ0) is 25.2. The average Bonchev–Trinajstić information content (AvgIpc) is 2.92. The van der Waals surface area contributed by atoms with Gasteiger partial charge in [0.15, 0.2) is 0 Å². The van der Waals surface area contributed by atoms with Crippen LogP contribution in [0.2, 0.25) is 0 Å². The van der Waals surface area contributed by atoms with Gasteiger partial charge in [0.05, 0.1) is 18.8 Å². The first-order chi connectivity index (χ1) is 17.7. The maximum Gasteiger partial charge on any atom is 0.415 e. The highest BCUT2D eigenvalue weighted by molar-refractivity contribution is 5.94. The molecule has 0 aliphatic carbocycles. The highest BCUT2D eigenvalue weighted by Gasteiger charge is 2.28. The normalized spacial score (nSPS) is 13.7. The molecule has 182 valence electrons. The first-order valence-corrected chi connectivity index (χ1v) is 11.9. The van der Waals surface area contributed by atoms with Crippen molar-refractivity contribution in [2.24, 2.45) is 0 Å². The van der Waals surface area contributed by atoms with Crippen LogP contribution in [0.1, 0.15) is 23.6 Å². The molecule has 1 atom stereocenters. The van der Waals surface area contributed by atoms with Crippen LogP contribution in [0.3, 0.4) is 0 Å². The monoisotopic (exact) mass is 480 g/mol. The Hall–Kier alpha value is -4.50. The van der Waals surface area contributed by atoms with Crippen molar-refractivity contribution in [1.29, 1.82) is 0 Å². The van der Waals surface area contributed by atoms with Gasteiger partial charge in [0, 0.05) is 6.54 Å². The minimum Gasteiger partial charge on any atom is -0.449 e. The Balaban J connectivity index is 1.51. The molecule has 0 N–H and O–H groups in total. The molecular weight excluding hydrogens is 452 g/mol. The molecule has 0 radical (unpaired) electrons. The number of carbonyl (C=O) groups is 2. The summed E-state index contributed by atoms with van der Waals surface area (Å²) < 4.78 is 10.9. The van der Waals surface area contributed by atoms with Gasteiger partial charge in [-0.25, -0.2) is 9.59 Å². The molecule has 1 aliphatic heterocycles. The van der Waals surface area contributed by atoms with Crippen LogP contribution in [0, 0.1) is 11.8 Å². The minimum atomic E-state index is -0.516. The molecule has 6 nitrogen and oxygen atoms in total. The fraction of sp³-hybridized carbons (Fsp3) is 0.200. The van der Waals surface area contributed by atoms with Gasteiger partial charge in [-0.1, -0.05) is 96.8 Å². The molecule has 1 aliphatic rings. The first-order valence-electron chi connectivity index (χ1n) is 11.9. The average molecular weight is 481 g/mol. The van der Waals surface area contributed by atoms with Gasteiger partial charge in [0.1, 0.15) is 12.6 Å². The van der Waals surface area contributed by atoms with Gasteiger partial charge in [0.2, 0.25) is 0 Å². The Bertz CT molecular complexity index is 1260. The standard InChI is InChI=1S/C30H28N2O4/c1-2-35-30(34)32-27(20-19-26-16-9-10-18-28(26)32)17-11-21-31(22-24-12-5-3-6-13-24)29(33)36-23-25-14-7-4-8-15-25/h3-10,12-16,18-20,27H,2,21-23H2,1H3/t27-/m1/s1. The van der Waals surface area contributed by atoms with Crippen molar-refractivity contribution in [3.05, 3.63) is 108 Å². The van der Waals surface area contributed by atoms with Crippen LogP contribution in [0.5, 0.6) is 0 Å². The van der Waals surface area contributed by atoms with Crippen LogP contribution in [-0.4, -0.2) is 36.3 Å². The maximum atomic E-state index is 13.0. The lowest BCUT2D eigenvalue weighted by Crippen LogP contribution is -2.41. The van der Waals surface area contributed by atoms with E-state index < -0.39 is 18.2 Å². The van der Waals surface area contributed by atoms with Gasteiger partial charge in [-0.2, -0.15) is 0 Å². The van der Waals surface area contributed by atoms with E-state index in [-0.39, 0.29) is 19.8 Å². The number of para-hydroxylation sites is 1. The molecule has 2 amide bonds. The fourth-order valence-corrected chi connectivity index (χ4v) is 3.84. The molecule has 0 saturated heterocycles. The van der Waals surface area contributed by atoms with E-state index in [1.54, 1.807) is 16.7 Å². The van der Waals surface area contributed by atoms with Crippen LogP contribution in [-0.2, 0) is 22.6 Å². The third-order valence-electron chi connectivity index (χ3n) is 5.60. The number of ether oxygens (including phenoxy) is 2. The Labute approximate surface area is 211 Å². The summed E-state index contributed by atoms with van der Waals surface area (Å²) in [6.45, 7) is 2.71. The highest BCUT2D eigenvalue weighted by atomic mass is 16.6. The second-order valence-electron chi connectivity index (χ2n) is 8.13. The van der Waals surface area contributed by atoms with E-state index in [2.05, 4.69) is 11.8 Å². The molecule has 0 fully saturated rings. The van der Waals surface area contributed by atoms with Crippen molar-refractivity contribution < 1.29 is 19.1 Å². The van der Waals surface area contributed by atoms with Gasteiger partial charge in [-0.3, -0.25) is 9.80 Å². The molecule has 6 heteroatoms. The maximum absolute atomic E-state index is 13.0. The Morgan fingerprint density at radius 1 is 0.889 bits per heavy atom. The lowest BCUT2D eigenvalue weighted by Gasteiger charge is -2.30. The van der Waals surface area contributed by atoms with E-state index in [1.165, 1.54) is 0 Å². The number of rotatable bonds is 6. The number of hydrogen-bond acceptors (Lipinski definition) is 4. The molecule has 3 aromatic rings. The molecular formula is C30H28N2O4. The Morgan fingerprint density at radius 2 is 1.56 bits per heavy atom. The van der Waals surface area contributed by atoms with Crippen molar-refractivity contribution in [2.45, 2.75) is 26.1 Å². The number of hydrogen-bond donors (Lipinski definition) is 0. The smallest absolute Gasteiger partial charge is 0.415 e. The first kappa shape index (κ1) is 24.6. The number of anilines is 1. The third kappa shape index (κ3) is 6.34. The molecule has 3 aromatic carbocycles. The molecule has 0 unspecified atom stereocenters. The van der Waals surface area contributed by atoms with Crippen LogP contribution >= 0.6 is 0 Å². The van der Waals surface area contributed by atoms with Crippen LogP contribution < -0.4 is 4.90 Å². The molecule has 0 bridgehead atoms. The van der Waals surface area contributed by atoms with Gasteiger partial charge >= 0.3 is 12.2 Å². The summed E-state index contributed by atoms with van der Waals surface area (Å²) in [4.78, 5) is 28.8. The van der Waals surface area contributed by atoms with E-state index in [9.17, 15) is 9.59 Å². The van der Waals surface area contributed by atoms with Gasteiger partial charge < -0.3 is 9.47 Å². The predicted molar refractivity (Wildman–Crippen MR) is 140 cm³/mol. The van der Waals surface area contributed by atoms with Gasteiger partial charge in [-0.05, 0) is 35.8 Å². The summed E-state index contributed by atoms with van der Waals surface area (Å²) in [6.07, 6.45) is 2.89. The number of amides is 2.